The second-order valence-corrected chi connectivity index (χ2v) is 15.4. The van der Waals surface area contributed by atoms with E-state index in [1.165, 1.54) is 52.5 Å². The first-order chi connectivity index (χ1) is 20.5. The highest BCUT2D eigenvalue weighted by Gasteiger charge is 2.25. The van der Waals surface area contributed by atoms with E-state index in [2.05, 4.69) is 31.9 Å². The van der Waals surface area contributed by atoms with Crippen molar-refractivity contribution < 1.29 is 26.7 Å². The minimum atomic E-state index is -3.72. The molecule has 4 aromatic rings. The summed E-state index contributed by atoms with van der Waals surface area (Å²) in [6.45, 7) is 0. The topological polar surface area (TPSA) is 161 Å². The van der Waals surface area contributed by atoms with Gasteiger partial charge in [0.15, 0.2) is 0 Å². The lowest BCUT2D eigenvalue weighted by atomic mass is 10.0. The number of halogens is 2. The molecule has 0 bridgehead atoms. The Morgan fingerprint density at radius 1 is 0.556 bits per heavy atom. The van der Waals surface area contributed by atoms with Crippen molar-refractivity contribution >= 4 is 76.8 Å². The van der Waals surface area contributed by atoms with Gasteiger partial charge in [0.2, 0.25) is 20.0 Å². The van der Waals surface area contributed by atoms with E-state index < -0.39 is 29.9 Å². The lowest BCUT2D eigenvalue weighted by Gasteiger charge is -2.12. The summed E-state index contributed by atoms with van der Waals surface area (Å²) in [6.07, 6.45) is 0. The number of sulfonamides is 2. The average Bonchev–Trinajstić information content (AvgIpc) is 2.97. The maximum absolute atomic E-state index is 12.1. The highest BCUT2D eigenvalue weighted by molar-refractivity contribution is 9.11. The van der Waals surface area contributed by atoms with Gasteiger partial charge in [0.05, 0.1) is 30.8 Å². The molecule has 0 atom stereocenters. The molecule has 0 aliphatic carbocycles. The third-order valence-corrected chi connectivity index (χ3v) is 11.2. The summed E-state index contributed by atoms with van der Waals surface area (Å²) in [6, 6.07) is 21.9. The van der Waals surface area contributed by atoms with Crippen molar-refractivity contribution in [2.45, 2.75) is 9.79 Å². The molecular formula is C28H28Br2N4O8S3. The van der Waals surface area contributed by atoms with Crippen LogP contribution in [-0.2, 0) is 20.0 Å². The first-order valence-corrected chi connectivity index (χ1v) is 16.9. The smallest absolute Gasteiger partial charge is 0.258 e. The SMILES string of the molecule is CN(C)S(=O)(=O)c1ccc(-c2ccccc2Br)c([N+](=O)[O-])c1.CN(C)S(=O)(=O)c1ccc(-c2ccccc2Br)c([N+](=O)[O-])c1.S. The summed E-state index contributed by atoms with van der Waals surface area (Å²) in [5, 5.41) is 22.7. The normalized spacial score (nSPS) is 11.4. The summed E-state index contributed by atoms with van der Waals surface area (Å²) < 4.78 is 51.9. The zero-order chi connectivity index (χ0) is 33.0. The van der Waals surface area contributed by atoms with Crippen molar-refractivity contribution in [3.05, 3.63) is 114 Å². The molecule has 0 aliphatic rings. The van der Waals surface area contributed by atoms with E-state index in [1.807, 2.05) is 0 Å². The lowest BCUT2D eigenvalue weighted by Crippen LogP contribution is -2.22. The quantitative estimate of drug-likeness (QED) is 0.141. The largest absolute Gasteiger partial charge is 0.278 e. The molecule has 0 spiro atoms. The molecule has 0 fully saturated rings. The summed E-state index contributed by atoms with van der Waals surface area (Å²) in [5.41, 5.74) is 1.46. The summed E-state index contributed by atoms with van der Waals surface area (Å²) >= 11 is 6.70. The maximum Gasteiger partial charge on any atom is 0.278 e. The van der Waals surface area contributed by atoms with Gasteiger partial charge in [-0.05, 0) is 36.4 Å². The molecule has 0 aliphatic heterocycles. The van der Waals surface area contributed by atoms with Crippen LogP contribution in [0, 0.1) is 20.2 Å². The molecule has 240 valence electrons. The Morgan fingerprint density at radius 3 is 1.13 bits per heavy atom. The zero-order valence-electron chi connectivity index (χ0n) is 24.2. The van der Waals surface area contributed by atoms with Crippen molar-refractivity contribution in [2.24, 2.45) is 0 Å². The third kappa shape index (κ3) is 8.55. The lowest BCUT2D eigenvalue weighted by molar-refractivity contribution is -0.384. The van der Waals surface area contributed by atoms with Crippen molar-refractivity contribution in [1.29, 1.82) is 0 Å². The minimum Gasteiger partial charge on any atom is -0.258 e. The molecule has 0 saturated heterocycles. The third-order valence-electron chi connectivity index (χ3n) is 6.22. The van der Waals surface area contributed by atoms with Crippen LogP contribution in [-0.4, -0.2) is 63.5 Å². The molecule has 0 amide bonds. The standard InChI is InChI=1S/2C14H13BrN2O4S.H2S/c2*1-16(2)22(20,21)10-7-8-12(14(9-10)17(18)19)11-5-3-4-6-13(11)15;/h2*3-9H,1-2H3;1H2. The molecule has 4 rings (SSSR count). The van der Waals surface area contributed by atoms with Gasteiger partial charge in [0.25, 0.3) is 11.4 Å². The molecule has 12 nitrogen and oxygen atoms in total. The van der Waals surface area contributed by atoms with E-state index in [4.69, 9.17) is 0 Å². The van der Waals surface area contributed by atoms with Gasteiger partial charge in [-0.2, -0.15) is 13.5 Å². The fourth-order valence-corrected chi connectivity index (χ4v) is 6.72. The molecule has 0 radical (unpaired) electrons. The monoisotopic (exact) mass is 802 g/mol. The molecule has 17 heteroatoms. The van der Waals surface area contributed by atoms with Gasteiger partial charge in [0, 0.05) is 60.4 Å². The number of hydrogen-bond donors (Lipinski definition) is 0. The first-order valence-electron chi connectivity index (χ1n) is 12.4. The predicted octanol–water partition coefficient (Wildman–Crippen LogP) is 6.66. The van der Waals surface area contributed by atoms with Gasteiger partial charge in [-0.3, -0.25) is 20.2 Å². The second-order valence-electron chi connectivity index (χ2n) is 9.41. The zero-order valence-corrected chi connectivity index (χ0v) is 30.0. The Bertz CT molecular complexity index is 1810. The fourth-order valence-electron chi connectivity index (χ4n) is 3.88. The highest BCUT2D eigenvalue weighted by atomic mass is 79.9. The van der Waals surface area contributed by atoms with E-state index in [-0.39, 0.29) is 34.7 Å². The van der Waals surface area contributed by atoms with Crippen molar-refractivity contribution in [3.63, 3.8) is 0 Å². The van der Waals surface area contributed by atoms with Gasteiger partial charge < -0.3 is 0 Å². The molecule has 0 N–H and O–H groups in total. The van der Waals surface area contributed by atoms with Gasteiger partial charge in [-0.25, -0.2) is 25.4 Å². The van der Waals surface area contributed by atoms with Crippen LogP contribution in [0.4, 0.5) is 11.4 Å². The Balaban J connectivity index is 0.000000307. The molecule has 4 aromatic carbocycles. The first kappa shape index (κ1) is 38.0. The fraction of sp³-hybridized carbons (Fsp3) is 0.143. The van der Waals surface area contributed by atoms with Crippen LogP contribution in [0.5, 0.6) is 0 Å². The molecular weight excluding hydrogens is 776 g/mol. The van der Waals surface area contributed by atoms with Crippen LogP contribution in [0.15, 0.2) is 104 Å². The molecule has 0 aromatic heterocycles. The number of benzene rings is 4. The molecule has 0 heterocycles. The molecule has 0 saturated carbocycles. The van der Waals surface area contributed by atoms with E-state index in [0.29, 0.717) is 31.2 Å². The van der Waals surface area contributed by atoms with Crippen LogP contribution in [0.1, 0.15) is 0 Å². The van der Waals surface area contributed by atoms with E-state index in [9.17, 15) is 37.1 Å². The molecule has 0 unspecified atom stereocenters. The van der Waals surface area contributed by atoms with E-state index >= 15 is 0 Å². The predicted molar refractivity (Wildman–Crippen MR) is 185 cm³/mol. The maximum atomic E-state index is 12.1. The Morgan fingerprint density at radius 2 is 0.867 bits per heavy atom. The Kier molecular flexibility index (Phi) is 13.0. The van der Waals surface area contributed by atoms with Crippen molar-refractivity contribution in [3.8, 4) is 22.3 Å². The Labute approximate surface area is 284 Å². The number of nitrogens with zero attached hydrogens (tertiary/aromatic N) is 4. The number of nitro benzene ring substituents is 2. The average molecular weight is 805 g/mol. The summed E-state index contributed by atoms with van der Waals surface area (Å²) in [7, 11) is -1.94. The number of rotatable bonds is 8. The minimum absolute atomic E-state index is 0. The van der Waals surface area contributed by atoms with Crippen LogP contribution in [0.25, 0.3) is 22.3 Å². The highest BCUT2D eigenvalue weighted by Crippen LogP contribution is 2.37. The van der Waals surface area contributed by atoms with Crippen LogP contribution in [0.2, 0.25) is 0 Å². The number of hydrogen-bond acceptors (Lipinski definition) is 8. The van der Waals surface area contributed by atoms with Crippen LogP contribution in [0.3, 0.4) is 0 Å². The van der Waals surface area contributed by atoms with Gasteiger partial charge in [-0.15, -0.1) is 0 Å². The number of nitro groups is 2. The van der Waals surface area contributed by atoms with Crippen LogP contribution < -0.4 is 0 Å². The van der Waals surface area contributed by atoms with E-state index in [0.717, 1.165) is 20.7 Å². The van der Waals surface area contributed by atoms with Crippen molar-refractivity contribution in [1.82, 2.24) is 8.61 Å². The van der Waals surface area contributed by atoms with Crippen molar-refractivity contribution in [2.75, 3.05) is 28.2 Å². The van der Waals surface area contributed by atoms with E-state index in [1.54, 1.807) is 48.5 Å². The van der Waals surface area contributed by atoms with Gasteiger partial charge in [-0.1, -0.05) is 68.3 Å². The second kappa shape index (κ2) is 15.4. The molecule has 45 heavy (non-hydrogen) atoms. The summed E-state index contributed by atoms with van der Waals surface area (Å²) in [5.74, 6) is 0. The van der Waals surface area contributed by atoms with Crippen LogP contribution >= 0.6 is 45.4 Å². The van der Waals surface area contributed by atoms with Gasteiger partial charge >= 0.3 is 0 Å². The van der Waals surface area contributed by atoms with Gasteiger partial charge in [0.1, 0.15) is 0 Å². The Hall–Kier alpha value is -3.19. The summed E-state index contributed by atoms with van der Waals surface area (Å²) in [4.78, 5) is 21.3.